The second-order valence-corrected chi connectivity index (χ2v) is 14.6. The van der Waals surface area contributed by atoms with Crippen LogP contribution in [0.15, 0.2) is 54.6 Å². The van der Waals surface area contributed by atoms with Gasteiger partial charge in [0.2, 0.25) is 33.7 Å². The normalized spacial score (nSPS) is 22.8. The van der Waals surface area contributed by atoms with Crippen molar-refractivity contribution in [3.05, 3.63) is 66.0 Å². The molecule has 16 heteroatoms. The molecular formula is C33H43FN6O8S. The molecule has 2 saturated heterocycles. The highest BCUT2D eigenvalue weighted by Crippen LogP contribution is 2.20. The minimum Gasteiger partial charge on any atom is -0.360 e. The van der Waals surface area contributed by atoms with Gasteiger partial charge in [0.05, 0.1) is 31.1 Å². The van der Waals surface area contributed by atoms with Crippen molar-refractivity contribution in [2.75, 3.05) is 50.3 Å². The molecule has 0 aromatic heterocycles. The number of likely N-dealkylation sites (N-methyl/N-ethyl adjacent to an activating group) is 1. The van der Waals surface area contributed by atoms with Crippen molar-refractivity contribution in [1.82, 2.24) is 25.8 Å². The number of carbonyl (C=O) groups excluding carboxylic acids is 5. The molecule has 4 rings (SSSR count). The van der Waals surface area contributed by atoms with Crippen molar-refractivity contribution in [1.29, 1.82) is 0 Å². The van der Waals surface area contributed by atoms with E-state index in [1.165, 1.54) is 29.0 Å². The Hall–Kier alpha value is -4.57. The van der Waals surface area contributed by atoms with E-state index in [4.69, 9.17) is 4.74 Å². The zero-order valence-electron chi connectivity index (χ0n) is 27.9. The summed E-state index contributed by atoms with van der Waals surface area (Å²) in [6, 6.07) is 11.7. The van der Waals surface area contributed by atoms with Crippen LogP contribution >= 0.6 is 0 Å². The van der Waals surface area contributed by atoms with Crippen LogP contribution in [0, 0.1) is 11.7 Å². The number of nitrogens with zero attached hydrogens (tertiary/aromatic N) is 3. The first-order valence-corrected chi connectivity index (χ1v) is 17.8. The number of anilines is 1. The van der Waals surface area contributed by atoms with Gasteiger partial charge in [-0.05, 0) is 36.1 Å². The molecule has 2 aromatic carbocycles. The Bertz CT molecular complexity index is 1640. The molecule has 266 valence electrons. The highest BCUT2D eigenvalue weighted by Gasteiger charge is 2.38. The third-order valence-electron chi connectivity index (χ3n) is 8.10. The molecule has 5 amide bonds. The van der Waals surface area contributed by atoms with Crippen LogP contribution in [0.5, 0.6) is 0 Å². The Kier molecular flexibility index (Phi) is 12.3. The van der Waals surface area contributed by atoms with E-state index in [-0.39, 0.29) is 44.2 Å². The summed E-state index contributed by atoms with van der Waals surface area (Å²) in [7, 11) is -2.62. The number of benzene rings is 2. The average Bonchev–Trinajstić information content (AvgIpc) is 3.04. The summed E-state index contributed by atoms with van der Waals surface area (Å²) >= 11 is 0. The Morgan fingerprint density at radius 2 is 1.71 bits per heavy atom. The number of morpholine rings is 1. The lowest BCUT2D eigenvalue weighted by molar-refractivity contribution is -0.156. The minimum atomic E-state index is -4.04. The molecule has 0 unspecified atom stereocenters. The zero-order valence-corrected chi connectivity index (χ0v) is 28.7. The number of ether oxygens (including phenoxy) is 1. The maximum Gasteiger partial charge on any atom is 0.251 e. The first kappa shape index (κ1) is 37.3. The summed E-state index contributed by atoms with van der Waals surface area (Å²) in [5.41, 5.74) is 0.679. The SMILES string of the molecule is CC(C)C[C@@H]1NC(=O)CN(C)C(=O)[C@@H](Cc2ccccc2)NC(=O)[C@H]2CN(C(=O)CN(c3cccc(F)c3)S(C)(=O)=O)C[C@@H](CNC1=O)O2. The summed E-state index contributed by atoms with van der Waals surface area (Å²) in [5.74, 6) is -3.74. The van der Waals surface area contributed by atoms with Crippen molar-refractivity contribution in [2.45, 2.75) is 51.0 Å². The zero-order chi connectivity index (χ0) is 35.9. The molecule has 49 heavy (non-hydrogen) atoms. The van der Waals surface area contributed by atoms with Crippen LogP contribution in [-0.4, -0.2) is 118 Å². The number of halogens is 1. The van der Waals surface area contributed by atoms with E-state index < -0.39 is 76.2 Å². The molecule has 0 saturated carbocycles. The predicted octanol–water partition coefficient (Wildman–Crippen LogP) is 0.0343. The van der Waals surface area contributed by atoms with Crippen molar-refractivity contribution >= 4 is 45.2 Å². The molecule has 0 spiro atoms. The number of amides is 5. The molecule has 14 nitrogen and oxygen atoms in total. The summed E-state index contributed by atoms with van der Waals surface area (Å²) in [6.45, 7) is 2.14. The van der Waals surface area contributed by atoms with Crippen LogP contribution in [0.3, 0.4) is 0 Å². The number of fused-ring (bicyclic) bond motifs is 2. The molecule has 2 fully saturated rings. The van der Waals surface area contributed by atoms with Crippen molar-refractivity contribution in [3.63, 3.8) is 0 Å². The van der Waals surface area contributed by atoms with Gasteiger partial charge in [0.1, 0.15) is 24.4 Å². The van der Waals surface area contributed by atoms with Crippen LogP contribution in [0.2, 0.25) is 0 Å². The summed E-state index contributed by atoms with van der Waals surface area (Å²) in [4.78, 5) is 69.9. The fraction of sp³-hybridized carbons (Fsp3) is 0.485. The molecule has 2 aromatic rings. The standard InChI is InChI=1S/C33H43FN6O8S/c1-21(2)13-26-31(43)35-16-25-17-39(30(42)20-40(49(4,46)47)24-12-8-11-23(34)15-24)18-28(48-25)32(44)37-27(14-22-9-6-5-7-10-22)33(45)38(3)19-29(41)36-26/h5-12,15,21,25-28H,13-14,16-20H2,1-4H3,(H,35,43)(H,36,41)(H,37,44)/t25-,26+,27-,28-/m1/s1. The van der Waals surface area contributed by atoms with Crippen molar-refractivity contribution in [3.8, 4) is 0 Å². The molecule has 0 aliphatic carbocycles. The average molecular weight is 703 g/mol. The third-order valence-corrected chi connectivity index (χ3v) is 9.25. The fourth-order valence-corrected chi connectivity index (χ4v) is 6.55. The number of nitrogens with one attached hydrogen (secondary N) is 3. The Morgan fingerprint density at radius 3 is 2.37 bits per heavy atom. The van der Waals surface area contributed by atoms with Gasteiger partial charge in [0, 0.05) is 26.6 Å². The van der Waals surface area contributed by atoms with E-state index in [1.807, 2.05) is 13.8 Å². The molecular weight excluding hydrogens is 659 g/mol. The Labute approximate surface area is 285 Å². The molecule has 2 heterocycles. The monoisotopic (exact) mass is 702 g/mol. The van der Waals surface area contributed by atoms with Crippen LogP contribution in [0.1, 0.15) is 25.8 Å². The van der Waals surface area contributed by atoms with E-state index in [2.05, 4.69) is 16.0 Å². The summed E-state index contributed by atoms with van der Waals surface area (Å²) in [5, 5.41) is 8.17. The highest BCUT2D eigenvalue weighted by molar-refractivity contribution is 7.92. The predicted molar refractivity (Wildman–Crippen MR) is 178 cm³/mol. The molecule has 2 aliphatic heterocycles. The number of hydrogen-bond acceptors (Lipinski definition) is 8. The van der Waals surface area contributed by atoms with Gasteiger partial charge in [-0.2, -0.15) is 0 Å². The van der Waals surface area contributed by atoms with E-state index in [1.54, 1.807) is 30.3 Å². The van der Waals surface area contributed by atoms with E-state index in [0.29, 0.717) is 6.42 Å². The third kappa shape index (κ3) is 10.5. The maximum absolute atomic E-state index is 14.0. The first-order valence-electron chi connectivity index (χ1n) is 15.9. The van der Waals surface area contributed by atoms with Crippen LogP contribution in [-0.2, 0) is 45.2 Å². The second kappa shape index (κ2) is 16.2. The second-order valence-electron chi connectivity index (χ2n) is 12.7. The van der Waals surface area contributed by atoms with Crippen LogP contribution < -0.4 is 20.3 Å². The summed E-state index contributed by atoms with van der Waals surface area (Å²) in [6.07, 6.45) is -0.966. The Morgan fingerprint density at radius 1 is 1.00 bits per heavy atom. The molecule has 4 atom stereocenters. The van der Waals surface area contributed by atoms with E-state index in [9.17, 15) is 36.8 Å². The lowest BCUT2D eigenvalue weighted by atomic mass is 10.0. The number of hydrogen-bond donors (Lipinski definition) is 3. The molecule has 0 radical (unpaired) electrons. The van der Waals surface area contributed by atoms with Gasteiger partial charge < -0.3 is 30.5 Å². The topological polar surface area (TPSA) is 175 Å². The van der Waals surface area contributed by atoms with E-state index in [0.717, 1.165) is 28.3 Å². The van der Waals surface area contributed by atoms with Gasteiger partial charge in [-0.25, -0.2) is 12.8 Å². The highest BCUT2D eigenvalue weighted by atomic mass is 32.2. The lowest BCUT2D eigenvalue weighted by Crippen LogP contribution is -2.60. The quantitative estimate of drug-likeness (QED) is 0.346. The number of carbonyl (C=O) groups is 5. The number of rotatable bonds is 8. The van der Waals surface area contributed by atoms with Gasteiger partial charge in [0.15, 0.2) is 6.10 Å². The Balaban J connectivity index is 1.66. The molecule has 2 aliphatic rings. The van der Waals surface area contributed by atoms with Gasteiger partial charge in [0.25, 0.3) is 5.91 Å². The maximum atomic E-state index is 14.0. The van der Waals surface area contributed by atoms with Crippen molar-refractivity contribution < 1.29 is 41.5 Å². The molecule has 2 bridgehead atoms. The first-order chi connectivity index (χ1) is 23.1. The van der Waals surface area contributed by atoms with Gasteiger partial charge in [-0.3, -0.25) is 28.3 Å². The fourth-order valence-electron chi connectivity index (χ4n) is 5.71. The minimum absolute atomic E-state index is 0.0221. The van der Waals surface area contributed by atoms with Gasteiger partial charge in [-0.15, -0.1) is 0 Å². The molecule has 3 N–H and O–H groups in total. The van der Waals surface area contributed by atoms with Crippen LogP contribution in [0.4, 0.5) is 10.1 Å². The summed E-state index contributed by atoms with van der Waals surface area (Å²) < 4.78 is 46.2. The van der Waals surface area contributed by atoms with Gasteiger partial charge >= 0.3 is 0 Å². The smallest absolute Gasteiger partial charge is 0.251 e. The van der Waals surface area contributed by atoms with Crippen molar-refractivity contribution in [2.24, 2.45) is 5.92 Å². The van der Waals surface area contributed by atoms with E-state index >= 15 is 0 Å². The lowest BCUT2D eigenvalue weighted by Gasteiger charge is -2.39. The van der Waals surface area contributed by atoms with Crippen LogP contribution in [0.25, 0.3) is 0 Å². The number of sulfonamides is 1. The van der Waals surface area contributed by atoms with Gasteiger partial charge in [-0.1, -0.05) is 50.2 Å². The largest absolute Gasteiger partial charge is 0.360 e.